The molecule has 2 aliphatic rings. The first-order valence-corrected chi connectivity index (χ1v) is 39.1. The van der Waals surface area contributed by atoms with Crippen molar-refractivity contribution < 1.29 is 14.2 Å². The molecule has 0 aromatic heterocycles. The zero-order chi connectivity index (χ0) is 26.7. The Hall–Kier alpha value is -2.55. The number of allylic oxidation sites excluding steroid dienone is 2. The molecular weight excluding hydrogens is 639 g/mol. The van der Waals surface area contributed by atoms with Crippen LogP contribution in [-0.4, -0.2) is 6.94 Å². The third-order valence-corrected chi connectivity index (χ3v) is 75.4. The van der Waals surface area contributed by atoms with Crippen molar-refractivity contribution in [3.05, 3.63) is 131 Å². The summed E-state index contributed by atoms with van der Waals surface area (Å²) in [6.07, 6.45) is 10.2. The molecule has 38 heavy (non-hydrogen) atoms. The first-order chi connectivity index (χ1) is 18.1. The number of benzene rings is 4. The third kappa shape index (κ3) is 3.29. The Morgan fingerprint density at radius 3 is 1.32 bits per heavy atom. The first-order valence-electron chi connectivity index (χ1n) is 14.3. The molecule has 4 aromatic carbocycles. The number of hydrogen-bond acceptors (Lipinski definition) is 0. The van der Waals surface area contributed by atoms with Crippen molar-refractivity contribution in [3.63, 3.8) is 0 Å². The molecule has 2 heteroatoms. The molecule has 0 N–H and O–H groups in total. The summed E-state index contributed by atoms with van der Waals surface area (Å²) in [7, 11) is 0. The predicted octanol–water partition coefficient (Wildman–Crippen LogP) is 10.1. The zero-order valence-corrected chi connectivity index (χ0v) is 28.3. The van der Waals surface area contributed by atoms with E-state index in [9.17, 15) is 0 Å². The van der Waals surface area contributed by atoms with Gasteiger partial charge >= 0.3 is 226 Å². The van der Waals surface area contributed by atoms with Crippen molar-refractivity contribution in [2.45, 2.75) is 38.9 Å². The van der Waals surface area contributed by atoms with Gasteiger partial charge in [0.25, 0.3) is 0 Å². The van der Waals surface area contributed by atoms with Crippen molar-refractivity contribution >= 4 is 19.1 Å². The molecule has 0 aliphatic heterocycles. The van der Waals surface area contributed by atoms with E-state index in [1.165, 1.54) is 41.7 Å². The van der Waals surface area contributed by atoms with Crippen LogP contribution in [0.3, 0.4) is 0 Å². The van der Waals surface area contributed by atoms with Gasteiger partial charge in [-0.25, -0.2) is 0 Å². The van der Waals surface area contributed by atoms with Gasteiger partial charge in [0.05, 0.1) is 0 Å². The van der Waals surface area contributed by atoms with Crippen molar-refractivity contribution in [2.75, 3.05) is 0 Å². The molecule has 2 aliphatic carbocycles. The van der Waals surface area contributed by atoms with E-state index >= 15 is 0 Å². The minimum absolute atomic E-state index is 0.451. The molecular formula is C36H40HfSi. The Morgan fingerprint density at radius 1 is 0.553 bits per heavy atom. The molecule has 0 nitrogen and oxygen atoms in total. The van der Waals surface area contributed by atoms with Crippen LogP contribution in [0.2, 0.25) is 17.7 Å². The van der Waals surface area contributed by atoms with Crippen molar-refractivity contribution in [3.8, 4) is 22.3 Å². The summed E-state index contributed by atoms with van der Waals surface area (Å²) >= 11 is -4.82. The molecule has 0 bridgehead atoms. The Kier molecular flexibility index (Phi) is 5.25. The van der Waals surface area contributed by atoms with E-state index < -0.39 is 14.2 Å². The Bertz CT molecular complexity index is 1640. The second-order valence-electron chi connectivity index (χ2n) is 14.6. The van der Waals surface area contributed by atoms with Crippen LogP contribution in [0.1, 0.15) is 43.5 Å². The molecule has 0 amide bonds. The van der Waals surface area contributed by atoms with Crippen LogP contribution >= 0.6 is 0 Å². The van der Waals surface area contributed by atoms with E-state index in [-0.39, 0.29) is 0 Å². The summed E-state index contributed by atoms with van der Waals surface area (Å²) in [4.78, 5) is 0. The second kappa shape index (κ2) is 7.76. The van der Waals surface area contributed by atoms with E-state index in [2.05, 4.69) is 152 Å². The first kappa shape index (κ1) is 25.7. The van der Waals surface area contributed by atoms with Gasteiger partial charge in [0.1, 0.15) is 0 Å². The van der Waals surface area contributed by atoms with Crippen molar-refractivity contribution in [1.29, 1.82) is 0 Å². The van der Waals surface area contributed by atoms with Crippen LogP contribution in [0.5, 0.6) is 0 Å². The SMILES string of the molecule is C[CH2][Hf]([CH3])([CH3])(=[SiH2])([CH2]C)([CH]1C=Cc2c(-c3ccccc3)cccc21)[CH]1C=Cc2c(-c3ccccc3)cccc21. The summed E-state index contributed by atoms with van der Waals surface area (Å²) < 4.78 is 9.03. The maximum atomic E-state index is 2.82. The van der Waals surface area contributed by atoms with Crippen molar-refractivity contribution in [1.82, 2.24) is 0 Å². The normalized spacial score (nSPS) is 20.7. The number of hydrogen-bond donors (Lipinski definition) is 0. The van der Waals surface area contributed by atoms with Crippen LogP contribution in [-0.2, 0) is 14.2 Å². The van der Waals surface area contributed by atoms with E-state index in [0.717, 1.165) is 0 Å². The molecule has 6 rings (SSSR count). The van der Waals surface area contributed by atoms with Crippen LogP contribution in [0.4, 0.5) is 0 Å². The van der Waals surface area contributed by atoms with Crippen molar-refractivity contribution in [2.24, 2.45) is 0 Å². The molecule has 0 fully saturated rings. The topological polar surface area (TPSA) is 0 Å². The minimum atomic E-state index is -4.82. The van der Waals surface area contributed by atoms with E-state index in [1.54, 1.807) is 11.1 Å². The summed E-state index contributed by atoms with van der Waals surface area (Å²) in [6.45, 7) is 7.52. The molecule has 0 heterocycles. The second-order valence-corrected chi connectivity index (χ2v) is 93.2. The summed E-state index contributed by atoms with van der Waals surface area (Å²) in [5.74, 6) is 0. The Balaban J connectivity index is 1.60. The number of fused-ring (bicyclic) bond motifs is 2. The fourth-order valence-electron chi connectivity index (χ4n) is 8.10. The predicted molar refractivity (Wildman–Crippen MR) is 169 cm³/mol. The summed E-state index contributed by atoms with van der Waals surface area (Å²) in [5, 5.41) is 0. The molecule has 4 aromatic rings. The molecule has 0 radical (unpaired) electrons. The third-order valence-electron chi connectivity index (χ3n) is 12.2. The van der Waals surface area contributed by atoms with E-state index in [4.69, 9.17) is 0 Å². The van der Waals surface area contributed by atoms with Gasteiger partial charge in [-0.2, -0.15) is 0 Å². The zero-order valence-electron chi connectivity index (χ0n) is 23.3. The molecule has 0 spiro atoms. The molecule has 2 unspecified atom stereocenters. The average molecular weight is 679 g/mol. The monoisotopic (exact) mass is 680 g/mol. The summed E-state index contributed by atoms with van der Waals surface area (Å²) in [6, 6.07) is 35.9. The van der Waals surface area contributed by atoms with Crippen LogP contribution in [0, 0.1) is 0 Å². The van der Waals surface area contributed by atoms with Gasteiger partial charge in [-0.1, -0.05) is 0 Å². The Labute approximate surface area is 224 Å². The van der Waals surface area contributed by atoms with Gasteiger partial charge in [-0.15, -0.1) is 0 Å². The molecule has 192 valence electrons. The van der Waals surface area contributed by atoms with Gasteiger partial charge in [0.2, 0.25) is 0 Å². The van der Waals surface area contributed by atoms with Gasteiger partial charge in [0, 0.05) is 0 Å². The van der Waals surface area contributed by atoms with Crippen LogP contribution < -0.4 is 0 Å². The Morgan fingerprint density at radius 2 is 0.947 bits per heavy atom. The van der Waals surface area contributed by atoms with Crippen LogP contribution in [0.25, 0.3) is 34.4 Å². The van der Waals surface area contributed by atoms with Gasteiger partial charge in [-0.05, 0) is 0 Å². The van der Waals surface area contributed by atoms with Gasteiger partial charge in [0.15, 0.2) is 0 Å². The van der Waals surface area contributed by atoms with Gasteiger partial charge in [-0.3, -0.25) is 0 Å². The molecule has 0 saturated carbocycles. The van der Waals surface area contributed by atoms with E-state index in [0.29, 0.717) is 7.35 Å². The maximum absolute atomic E-state index is 4.82. The average Bonchev–Trinajstić information content (AvgIpc) is 3.61. The molecule has 0 saturated heterocycles. The quantitative estimate of drug-likeness (QED) is 0.178. The van der Waals surface area contributed by atoms with Crippen LogP contribution in [0.15, 0.2) is 109 Å². The summed E-state index contributed by atoms with van der Waals surface area (Å²) in [5.41, 5.74) is 11.3. The van der Waals surface area contributed by atoms with E-state index in [1.807, 2.05) is 0 Å². The van der Waals surface area contributed by atoms with Gasteiger partial charge < -0.3 is 0 Å². The number of rotatable bonds is 6. The standard InChI is InChI=1S/2C15H11.2C2H5.2CH3.Hf.H2Si/c2*1-2-6-12(7-3-1)14-10-4-8-13-9-5-11-15(13)14;2*1-2;;;;/h2*1-11H;2*1H2,2H3;2*1H3;;1H2. The molecule has 2 atom stereocenters. The fraction of sp³-hybridized carbons (Fsp3) is 0.222. The fourth-order valence-corrected chi connectivity index (χ4v) is 42.9.